The Kier molecular flexibility index (Phi) is 4.17. The van der Waals surface area contributed by atoms with Gasteiger partial charge in [-0.2, -0.15) is 4.68 Å². The van der Waals surface area contributed by atoms with E-state index in [2.05, 4.69) is 20.8 Å². The summed E-state index contributed by atoms with van der Waals surface area (Å²) in [6, 6.07) is 5.39. The number of anilines is 1. The van der Waals surface area contributed by atoms with Gasteiger partial charge in [0.05, 0.1) is 28.3 Å². The normalized spacial score (nSPS) is 16.4. The van der Waals surface area contributed by atoms with Crippen molar-refractivity contribution in [2.75, 3.05) is 5.32 Å². The van der Waals surface area contributed by atoms with Crippen LogP contribution >= 0.6 is 0 Å². The van der Waals surface area contributed by atoms with Crippen molar-refractivity contribution in [2.24, 2.45) is 0 Å². The van der Waals surface area contributed by atoms with E-state index in [4.69, 9.17) is 4.74 Å². The second-order valence-corrected chi connectivity index (χ2v) is 5.80. The van der Waals surface area contributed by atoms with Gasteiger partial charge in [-0.25, -0.2) is 4.79 Å². The SMILES string of the molecule is CC1=C(C(=O)OC(C)C)C(c2cccc([N+](=O)[O-])c2)Nc2nnnn21. The molecular formula is C15H16N6O4. The maximum Gasteiger partial charge on any atom is 0.338 e. The lowest BCUT2D eigenvalue weighted by Gasteiger charge is -2.27. The number of hydrogen-bond donors (Lipinski definition) is 1. The molecule has 0 radical (unpaired) electrons. The van der Waals surface area contributed by atoms with Crippen molar-refractivity contribution < 1.29 is 14.5 Å². The average Bonchev–Trinajstić information content (AvgIpc) is 3.03. The Labute approximate surface area is 142 Å². The van der Waals surface area contributed by atoms with Gasteiger partial charge in [0.15, 0.2) is 0 Å². The summed E-state index contributed by atoms with van der Waals surface area (Å²) in [5.41, 5.74) is 1.27. The van der Waals surface area contributed by atoms with Crippen LogP contribution in [-0.2, 0) is 9.53 Å². The van der Waals surface area contributed by atoms with E-state index in [1.807, 2.05) is 0 Å². The van der Waals surface area contributed by atoms with Gasteiger partial charge in [-0.3, -0.25) is 10.1 Å². The Morgan fingerprint density at radius 1 is 1.44 bits per heavy atom. The molecule has 0 spiro atoms. The molecule has 10 nitrogen and oxygen atoms in total. The summed E-state index contributed by atoms with van der Waals surface area (Å²) in [7, 11) is 0. The third-order valence-corrected chi connectivity index (χ3v) is 3.72. The third kappa shape index (κ3) is 3.05. The first-order chi connectivity index (χ1) is 11.9. The smallest absolute Gasteiger partial charge is 0.338 e. The number of benzene rings is 1. The average molecular weight is 344 g/mol. The highest BCUT2D eigenvalue weighted by molar-refractivity contribution is 5.97. The Morgan fingerprint density at radius 3 is 2.88 bits per heavy atom. The Bertz CT molecular complexity index is 872. The van der Waals surface area contributed by atoms with Crippen LogP contribution in [-0.4, -0.2) is 37.2 Å². The molecule has 2 heterocycles. The lowest BCUT2D eigenvalue weighted by atomic mass is 9.95. The molecule has 1 atom stereocenters. The first kappa shape index (κ1) is 16.6. The predicted octanol–water partition coefficient (Wildman–Crippen LogP) is 1.93. The van der Waals surface area contributed by atoms with Crippen LogP contribution < -0.4 is 5.32 Å². The number of allylic oxidation sites excluding steroid dienone is 1. The highest BCUT2D eigenvalue weighted by Gasteiger charge is 2.34. The number of nitrogens with zero attached hydrogens (tertiary/aromatic N) is 5. The standard InChI is InChI=1S/C15H16N6O4/c1-8(2)25-14(22)12-9(3)20-15(17-18-19-20)16-13(12)10-5-4-6-11(7-10)21(23)24/h4-8,13H,1-3H3,(H,16,17,19). The summed E-state index contributed by atoms with van der Waals surface area (Å²) in [4.78, 5) is 23.2. The van der Waals surface area contributed by atoms with E-state index >= 15 is 0 Å². The number of ether oxygens (including phenoxy) is 1. The van der Waals surface area contributed by atoms with Crippen molar-refractivity contribution >= 4 is 23.3 Å². The lowest BCUT2D eigenvalue weighted by Crippen LogP contribution is -2.29. The van der Waals surface area contributed by atoms with Crippen LogP contribution in [0.3, 0.4) is 0 Å². The number of non-ortho nitro benzene ring substituents is 1. The van der Waals surface area contributed by atoms with Gasteiger partial charge in [-0.05, 0) is 36.8 Å². The summed E-state index contributed by atoms with van der Waals surface area (Å²) in [5.74, 6) is -0.187. The molecule has 0 aliphatic carbocycles. The third-order valence-electron chi connectivity index (χ3n) is 3.72. The molecule has 1 N–H and O–H groups in total. The summed E-state index contributed by atoms with van der Waals surface area (Å²) in [5, 5.41) is 25.4. The zero-order chi connectivity index (χ0) is 18.1. The fraction of sp³-hybridized carbons (Fsp3) is 0.333. The molecule has 0 amide bonds. The number of tetrazole rings is 1. The maximum absolute atomic E-state index is 12.6. The number of nitro benzene ring substituents is 1. The fourth-order valence-electron chi connectivity index (χ4n) is 2.64. The minimum atomic E-state index is -0.662. The molecule has 3 rings (SSSR count). The number of carbonyl (C=O) groups excluding carboxylic acids is 1. The van der Waals surface area contributed by atoms with E-state index in [1.54, 1.807) is 32.9 Å². The van der Waals surface area contributed by atoms with E-state index in [1.165, 1.54) is 16.8 Å². The minimum absolute atomic E-state index is 0.0707. The van der Waals surface area contributed by atoms with Gasteiger partial charge in [0.1, 0.15) is 0 Å². The molecule has 0 saturated heterocycles. The van der Waals surface area contributed by atoms with Gasteiger partial charge < -0.3 is 10.1 Å². The van der Waals surface area contributed by atoms with Crippen LogP contribution in [0, 0.1) is 10.1 Å². The van der Waals surface area contributed by atoms with Crippen molar-refractivity contribution in [1.29, 1.82) is 0 Å². The van der Waals surface area contributed by atoms with Gasteiger partial charge in [0, 0.05) is 12.1 Å². The van der Waals surface area contributed by atoms with Gasteiger partial charge in [0.25, 0.3) is 5.69 Å². The summed E-state index contributed by atoms with van der Waals surface area (Å²) < 4.78 is 6.72. The largest absolute Gasteiger partial charge is 0.459 e. The number of carbonyl (C=O) groups is 1. The van der Waals surface area contributed by atoms with E-state index in [9.17, 15) is 14.9 Å². The predicted molar refractivity (Wildman–Crippen MR) is 87.4 cm³/mol. The Balaban J connectivity index is 2.11. The van der Waals surface area contributed by atoms with Gasteiger partial charge in [-0.1, -0.05) is 17.2 Å². The molecule has 130 valence electrons. The van der Waals surface area contributed by atoms with Crippen LogP contribution in [0.5, 0.6) is 0 Å². The molecule has 1 unspecified atom stereocenters. The quantitative estimate of drug-likeness (QED) is 0.506. The van der Waals surface area contributed by atoms with Crippen molar-refractivity contribution in [3.63, 3.8) is 0 Å². The van der Waals surface area contributed by atoms with Crippen LogP contribution in [0.4, 0.5) is 11.6 Å². The van der Waals surface area contributed by atoms with Crippen LogP contribution in [0.1, 0.15) is 32.4 Å². The lowest BCUT2D eigenvalue weighted by molar-refractivity contribution is -0.384. The van der Waals surface area contributed by atoms with E-state index < -0.39 is 16.9 Å². The summed E-state index contributed by atoms with van der Waals surface area (Å²) in [6.07, 6.45) is -0.311. The number of nitro groups is 1. The number of hydrogen-bond acceptors (Lipinski definition) is 8. The van der Waals surface area contributed by atoms with E-state index in [0.29, 0.717) is 22.8 Å². The highest BCUT2D eigenvalue weighted by atomic mass is 16.6. The molecule has 25 heavy (non-hydrogen) atoms. The molecule has 0 saturated carbocycles. The number of esters is 1. The van der Waals surface area contributed by atoms with Crippen LogP contribution in [0.25, 0.3) is 5.70 Å². The Morgan fingerprint density at radius 2 is 2.20 bits per heavy atom. The van der Waals surface area contributed by atoms with Gasteiger partial charge in [-0.15, -0.1) is 0 Å². The highest BCUT2D eigenvalue weighted by Crippen LogP contribution is 2.36. The number of nitrogens with one attached hydrogen (secondary N) is 1. The number of rotatable bonds is 4. The second-order valence-electron chi connectivity index (χ2n) is 5.80. The zero-order valence-electron chi connectivity index (χ0n) is 13.8. The van der Waals surface area contributed by atoms with Crippen LogP contribution in [0.2, 0.25) is 0 Å². The second kappa shape index (κ2) is 6.30. The van der Waals surface area contributed by atoms with Crippen molar-refractivity contribution in [1.82, 2.24) is 20.2 Å². The molecule has 1 aliphatic heterocycles. The molecular weight excluding hydrogens is 328 g/mol. The van der Waals surface area contributed by atoms with E-state index in [0.717, 1.165) is 0 Å². The molecule has 1 aliphatic rings. The number of aromatic nitrogens is 4. The van der Waals surface area contributed by atoms with E-state index in [-0.39, 0.29) is 11.8 Å². The van der Waals surface area contributed by atoms with Crippen molar-refractivity contribution in [3.8, 4) is 0 Å². The summed E-state index contributed by atoms with van der Waals surface area (Å²) in [6.45, 7) is 5.19. The minimum Gasteiger partial charge on any atom is -0.459 e. The molecule has 2 aromatic rings. The van der Waals surface area contributed by atoms with Gasteiger partial charge >= 0.3 is 5.97 Å². The Hall–Kier alpha value is -3.30. The first-order valence-corrected chi connectivity index (χ1v) is 7.60. The molecule has 1 aromatic heterocycles. The molecule has 1 aromatic carbocycles. The molecule has 0 fully saturated rings. The number of fused-ring (bicyclic) bond motifs is 1. The molecule has 0 bridgehead atoms. The molecule has 10 heteroatoms. The van der Waals surface area contributed by atoms with Crippen molar-refractivity contribution in [3.05, 3.63) is 45.5 Å². The monoisotopic (exact) mass is 344 g/mol. The first-order valence-electron chi connectivity index (χ1n) is 7.60. The summed E-state index contributed by atoms with van der Waals surface area (Å²) >= 11 is 0. The van der Waals surface area contributed by atoms with Crippen LogP contribution in [0.15, 0.2) is 29.8 Å². The topological polar surface area (TPSA) is 125 Å². The fourth-order valence-corrected chi connectivity index (χ4v) is 2.64. The van der Waals surface area contributed by atoms with Gasteiger partial charge in [0.2, 0.25) is 5.95 Å². The maximum atomic E-state index is 12.6. The zero-order valence-corrected chi connectivity index (χ0v) is 13.8. The van der Waals surface area contributed by atoms with Crippen molar-refractivity contribution in [2.45, 2.75) is 32.9 Å².